The summed E-state index contributed by atoms with van der Waals surface area (Å²) in [6.45, 7) is 0.173. The van der Waals surface area contributed by atoms with Gasteiger partial charge in [-0.3, -0.25) is 4.79 Å². The minimum absolute atomic E-state index is 0. The van der Waals surface area contributed by atoms with Gasteiger partial charge in [0.2, 0.25) is 6.54 Å². The van der Waals surface area contributed by atoms with Crippen molar-refractivity contribution in [2.45, 2.75) is 6.54 Å². The number of phenolic OH excluding ortho intramolecular Hbond substituents is 1. The number of pyridine rings is 1. The van der Waals surface area contributed by atoms with E-state index >= 15 is 0 Å². The van der Waals surface area contributed by atoms with E-state index in [2.05, 4.69) is 42.4 Å². The molecule has 0 radical (unpaired) electrons. The number of phenols is 1. The van der Waals surface area contributed by atoms with Crippen molar-refractivity contribution in [1.29, 1.82) is 0 Å². The van der Waals surface area contributed by atoms with Crippen molar-refractivity contribution in [3.05, 3.63) is 57.2 Å². The standard InChI is InChI=1S/C14H11Br2N3O2.ClH/c15-11-6-10(14(21)12(16)7-11)8-17-18-13(20)9-19-4-2-1-3-5-19;/h1-8H,9H2,(H-,17,18,20,21);1H. The number of benzene rings is 1. The van der Waals surface area contributed by atoms with Gasteiger partial charge in [-0.15, -0.1) is 0 Å². The minimum Gasteiger partial charge on any atom is -1.00 e. The number of halogens is 3. The van der Waals surface area contributed by atoms with Gasteiger partial charge in [0.05, 0.1) is 10.7 Å². The molecule has 0 bridgehead atoms. The molecule has 0 atom stereocenters. The van der Waals surface area contributed by atoms with Crippen LogP contribution in [-0.2, 0) is 11.3 Å². The van der Waals surface area contributed by atoms with Gasteiger partial charge in [-0.25, -0.2) is 5.43 Å². The number of amides is 1. The second-order valence-corrected chi connectivity index (χ2v) is 5.94. The molecular formula is C14H12Br2ClN3O2. The van der Waals surface area contributed by atoms with Crippen molar-refractivity contribution in [2.24, 2.45) is 5.10 Å². The molecule has 0 aliphatic rings. The molecule has 0 spiro atoms. The van der Waals surface area contributed by atoms with Crippen LogP contribution < -0.4 is 22.4 Å². The van der Waals surface area contributed by atoms with Crippen LogP contribution in [0.4, 0.5) is 0 Å². The highest BCUT2D eigenvalue weighted by molar-refractivity contribution is 9.11. The number of carbonyl (C=O) groups is 1. The Morgan fingerprint density at radius 1 is 1.27 bits per heavy atom. The average Bonchev–Trinajstić information content (AvgIpc) is 2.45. The van der Waals surface area contributed by atoms with Gasteiger partial charge >= 0.3 is 5.91 Å². The van der Waals surface area contributed by atoms with Crippen LogP contribution in [0.5, 0.6) is 5.75 Å². The SMILES string of the molecule is O=C(C[n+]1ccccc1)N/N=C/c1cc(Br)cc(Br)c1O.[Cl-]. The third-order valence-electron chi connectivity index (χ3n) is 2.55. The molecule has 1 heterocycles. The summed E-state index contributed by atoms with van der Waals surface area (Å²) in [7, 11) is 0. The van der Waals surface area contributed by atoms with E-state index < -0.39 is 0 Å². The molecular weight excluding hydrogens is 437 g/mol. The van der Waals surface area contributed by atoms with Crippen LogP contribution in [0.15, 0.2) is 56.8 Å². The number of rotatable bonds is 4. The summed E-state index contributed by atoms with van der Waals surface area (Å²) in [5.41, 5.74) is 2.90. The van der Waals surface area contributed by atoms with Crippen LogP contribution in [-0.4, -0.2) is 17.2 Å². The van der Waals surface area contributed by atoms with Gasteiger partial charge in [-0.2, -0.15) is 9.67 Å². The Hall–Kier alpha value is -1.44. The molecule has 0 aliphatic carbocycles. The van der Waals surface area contributed by atoms with E-state index in [1.165, 1.54) is 6.21 Å². The van der Waals surface area contributed by atoms with Crippen molar-refractivity contribution in [3.63, 3.8) is 0 Å². The highest BCUT2D eigenvalue weighted by Crippen LogP contribution is 2.30. The second-order valence-electron chi connectivity index (χ2n) is 4.17. The molecule has 8 heteroatoms. The first-order valence-electron chi connectivity index (χ1n) is 6.00. The van der Waals surface area contributed by atoms with E-state index in [1.54, 1.807) is 29.1 Å². The maximum Gasteiger partial charge on any atom is 0.305 e. The Morgan fingerprint density at radius 2 is 1.95 bits per heavy atom. The summed E-state index contributed by atoms with van der Waals surface area (Å²) in [6.07, 6.45) is 4.97. The first-order chi connectivity index (χ1) is 10.1. The summed E-state index contributed by atoms with van der Waals surface area (Å²) in [5, 5.41) is 13.7. The van der Waals surface area contributed by atoms with Crippen LogP contribution in [0, 0.1) is 0 Å². The Balaban J connectivity index is 0.00000242. The van der Waals surface area contributed by atoms with Crippen LogP contribution in [0.25, 0.3) is 0 Å². The minimum atomic E-state index is -0.254. The lowest BCUT2D eigenvalue weighted by Crippen LogP contribution is -3.00. The molecule has 0 aliphatic heterocycles. The Kier molecular flexibility index (Phi) is 7.50. The fourth-order valence-corrected chi connectivity index (χ4v) is 2.86. The molecule has 2 aromatic rings. The van der Waals surface area contributed by atoms with E-state index in [-0.39, 0.29) is 30.6 Å². The second kappa shape index (κ2) is 8.87. The number of hydrogen-bond donors (Lipinski definition) is 2. The van der Waals surface area contributed by atoms with Crippen LogP contribution in [0.1, 0.15) is 5.56 Å². The molecule has 0 fully saturated rings. The van der Waals surface area contributed by atoms with Crippen LogP contribution in [0.3, 0.4) is 0 Å². The van der Waals surface area contributed by atoms with Gasteiger partial charge in [0, 0.05) is 22.2 Å². The lowest BCUT2D eigenvalue weighted by Gasteiger charge is -2.02. The Bertz CT molecular complexity index is 681. The topological polar surface area (TPSA) is 65.6 Å². The highest BCUT2D eigenvalue weighted by Gasteiger charge is 2.08. The van der Waals surface area contributed by atoms with E-state index in [9.17, 15) is 9.90 Å². The number of carbonyl (C=O) groups excluding carboxylic acids is 1. The highest BCUT2D eigenvalue weighted by atomic mass is 79.9. The quantitative estimate of drug-likeness (QED) is 0.371. The normalized spacial score (nSPS) is 10.3. The molecule has 0 saturated heterocycles. The molecule has 5 nitrogen and oxygen atoms in total. The number of hydrazone groups is 1. The lowest BCUT2D eigenvalue weighted by molar-refractivity contribution is -0.684. The lowest BCUT2D eigenvalue weighted by atomic mass is 10.2. The predicted molar refractivity (Wildman–Crippen MR) is 85.9 cm³/mol. The van der Waals surface area contributed by atoms with Gasteiger partial charge in [-0.05, 0) is 28.1 Å². The van der Waals surface area contributed by atoms with Gasteiger partial charge in [0.25, 0.3) is 0 Å². The van der Waals surface area contributed by atoms with Crippen molar-refractivity contribution in [1.82, 2.24) is 5.43 Å². The maximum atomic E-state index is 11.7. The monoisotopic (exact) mass is 447 g/mol. The number of nitrogens with one attached hydrogen (secondary N) is 1. The molecule has 1 aromatic carbocycles. The average molecular weight is 450 g/mol. The molecule has 0 saturated carbocycles. The van der Waals surface area contributed by atoms with Gasteiger partial charge in [0.1, 0.15) is 5.75 Å². The molecule has 1 aromatic heterocycles. The fourth-order valence-electron chi connectivity index (χ4n) is 1.60. The van der Waals surface area contributed by atoms with Gasteiger partial charge in [-0.1, -0.05) is 22.0 Å². The molecule has 1 amide bonds. The van der Waals surface area contributed by atoms with Crippen molar-refractivity contribution in [2.75, 3.05) is 0 Å². The van der Waals surface area contributed by atoms with E-state index in [0.29, 0.717) is 10.0 Å². The zero-order valence-corrected chi connectivity index (χ0v) is 15.1. The molecule has 22 heavy (non-hydrogen) atoms. The Morgan fingerprint density at radius 3 is 2.64 bits per heavy atom. The summed E-state index contributed by atoms with van der Waals surface area (Å²) in [6, 6.07) is 8.97. The van der Waals surface area contributed by atoms with E-state index in [1.807, 2.05) is 18.2 Å². The number of hydrogen-bond acceptors (Lipinski definition) is 3. The summed E-state index contributed by atoms with van der Waals surface area (Å²) >= 11 is 6.55. The molecule has 2 rings (SSSR count). The van der Waals surface area contributed by atoms with Crippen LogP contribution >= 0.6 is 31.9 Å². The first kappa shape index (κ1) is 18.6. The summed E-state index contributed by atoms with van der Waals surface area (Å²) < 4.78 is 3.07. The summed E-state index contributed by atoms with van der Waals surface area (Å²) in [5.74, 6) is -0.190. The zero-order valence-electron chi connectivity index (χ0n) is 11.2. The van der Waals surface area contributed by atoms with E-state index in [4.69, 9.17) is 0 Å². The van der Waals surface area contributed by atoms with Crippen LogP contribution in [0.2, 0.25) is 0 Å². The summed E-state index contributed by atoms with van der Waals surface area (Å²) in [4.78, 5) is 11.7. The number of aromatic nitrogens is 1. The third-order valence-corrected chi connectivity index (χ3v) is 3.62. The predicted octanol–water partition coefficient (Wildman–Crippen LogP) is -0.641. The third kappa shape index (κ3) is 5.40. The zero-order chi connectivity index (χ0) is 15.2. The van der Waals surface area contributed by atoms with Crippen molar-refractivity contribution >= 4 is 44.0 Å². The maximum absolute atomic E-state index is 11.7. The number of nitrogens with zero attached hydrogens (tertiary/aromatic N) is 2. The molecule has 0 unspecified atom stereocenters. The first-order valence-corrected chi connectivity index (χ1v) is 7.59. The van der Waals surface area contributed by atoms with E-state index in [0.717, 1.165) is 4.47 Å². The van der Waals surface area contributed by atoms with Gasteiger partial charge in [0.15, 0.2) is 12.4 Å². The van der Waals surface area contributed by atoms with Gasteiger partial charge < -0.3 is 17.5 Å². The van der Waals surface area contributed by atoms with Crippen molar-refractivity contribution in [3.8, 4) is 5.75 Å². The number of aromatic hydroxyl groups is 1. The molecule has 2 N–H and O–H groups in total. The fraction of sp³-hybridized carbons (Fsp3) is 0.0714. The molecule has 116 valence electrons. The Labute approximate surface area is 150 Å². The largest absolute Gasteiger partial charge is 1.00 e. The smallest absolute Gasteiger partial charge is 0.305 e. The van der Waals surface area contributed by atoms with Crippen molar-refractivity contribution < 1.29 is 26.9 Å².